The fraction of sp³-hybridized carbons (Fsp3) is 0.900. The Labute approximate surface area is 91.6 Å². The van der Waals surface area contributed by atoms with Crippen LogP contribution in [0.25, 0.3) is 0 Å². The van der Waals surface area contributed by atoms with Crippen molar-refractivity contribution >= 4 is 15.8 Å². The van der Waals surface area contributed by atoms with E-state index in [2.05, 4.69) is 0 Å². The summed E-state index contributed by atoms with van der Waals surface area (Å²) in [5, 5.41) is 7.01. The summed E-state index contributed by atoms with van der Waals surface area (Å²) in [6, 6.07) is 0. The van der Waals surface area contributed by atoms with Crippen molar-refractivity contribution in [1.29, 1.82) is 0 Å². The highest BCUT2D eigenvalue weighted by Gasteiger charge is 2.39. The van der Waals surface area contributed by atoms with Crippen molar-refractivity contribution in [2.24, 2.45) is 11.8 Å². The Bertz CT molecular complexity index is 316. The van der Waals surface area contributed by atoms with Crippen LogP contribution in [0.3, 0.4) is 0 Å². The van der Waals surface area contributed by atoms with E-state index in [1.807, 2.05) is 0 Å². The molecule has 0 aromatic carbocycles. The van der Waals surface area contributed by atoms with Crippen molar-refractivity contribution in [3.63, 3.8) is 0 Å². The molecule has 0 radical (unpaired) electrons. The van der Waals surface area contributed by atoms with E-state index in [0.29, 0.717) is 0 Å². The van der Waals surface area contributed by atoms with Crippen LogP contribution in [-0.2, 0) is 14.6 Å². The highest BCUT2D eigenvalue weighted by molar-refractivity contribution is 7.93. The topological polar surface area (TPSA) is 71.4 Å². The van der Waals surface area contributed by atoms with Gasteiger partial charge >= 0.3 is 5.97 Å². The van der Waals surface area contributed by atoms with E-state index in [1.54, 1.807) is 34.6 Å². The monoisotopic (exact) mass is 236 g/mol. The molecule has 0 saturated heterocycles. The molecule has 1 N–H and O–H groups in total. The van der Waals surface area contributed by atoms with Crippen molar-refractivity contribution in [1.82, 2.24) is 0 Å². The molecule has 4 nitrogen and oxygen atoms in total. The van der Waals surface area contributed by atoms with Crippen LogP contribution < -0.4 is 0 Å². The Morgan fingerprint density at radius 2 is 1.40 bits per heavy atom. The summed E-state index contributed by atoms with van der Waals surface area (Å²) < 4.78 is 23.9. The molecular formula is C10H20O4S. The first-order valence-corrected chi connectivity index (χ1v) is 6.68. The van der Waals surface area contributed by atoms with Crippen molar-refractivity contribution in [2.45, 2.75) is 45.1 Å². The number of carbonyl (C=O) groups is 1. The third-order valence-electron chi connectivity index (χ3n) is 2.66. The Morgan fingerprint density at radius 1 is 1.00 bits per heavy atom. The highest BCUT2D eigenvalue weighted by atomic mass is 32.2. The molecule has 0 aromatic heterocycles. The van der Waals surface area contributed by atoms with Crippen molar-refractivity contribution in [3.05, 3.63) is 0 Å². The Hall–Kier alpha value is -0.580. The van der Waals surface area contributed by atoms with Crippen LogP contribution in [0, 0.1) is 11.8 Å². The molecule has 5 heteroatoms. The quantitative estimate of drug-likeness (QED) is 0.786. The number of sulfone groups is 1. The van der Waals surface area contributed by atoms with Crippen molar-refractivity contribution in [3.8, 4) is 0 Å². The molecule has 0 spiro atoms. The van der Waals surface area contributed by atoms with Gasteiger partial charge in [0.15, 0.2) is 15.1 Å². The molecule has 0 bridgehead atoms. The van der Waals surface area contributed by atoms with E-state index in [4.69, 9.17) is 5.11 Å². The first kappa shape index (κ1) is 14.4. The molecule has 0 aliphatic carbocycles. The van der Waals surface area contributed by atoms with E-state index < -0.39 is 32.2 Å². The Balaban J connectivity index is 5.24. The lowest BCUT2D eigenvalue weighted by Crippen LogP contribution is -2.41. The fourth-order valence-electron chi connectivity index (χ4n) is 1.42. The molecule has 2 unspecified atom stereocenters. The van der Waals surface area contributed by atoms with Crippen LogP contribution in [-0.4, -0.2) is 30.0 Å². The van der Waals surface area contributed by atoms with E-state index in [-0.39, 0.29) is 5.92 Å². The average Bonchev–Trinajstić information content (AvgIpc) is 1.99. The summed E-state index contributed by atoms with van der Waals surface area (Å²) in [5.74, 6) is -1.73. The number of carboxylic acids is 1. The van der Waals surface area contributed by atoms with Gasteiger partial charge in [0.25, 0.3) is 0 Å². The molecule has 0 fully saturated rings. The summed E-state index contributed by atoms with van der Waals surface area (Å²) in [6.07, 6.45) is 0. The maximum atomic E-state index is 12.0. The van der Waals surface area contributed by atoms with Gasteiger partial charge in [-0.2, -0.15) is 0 Å². The lowest BCUT2D eigenvalue weighted by atomic mass is 10.1. The maximum Gasteiger partial charge on any atom is 0.322 e. The zero-order chi connectivity index (χ0) is 12.4. The van der Waals surface area contributed by atoms with Crippen LogP contribution in [0.15, 0.2) is 0 Å². The second kappa shape index (κ2) is 4.96. The summed E-state index contributed by atoms with van der Waals surface area (Å²) in [6.45, 7) is 8.36. The van der Waals surface area contributed by atoms with Crippen LogP contribution in [0.1, 0.15) is 34.6 Å². The number of hydrogen-bond acceptors (Lipinski definition) is 3. The van der Waals surface area contributed by atoms with Crippen LogP contribution in [0.5, 0.6) is 0 Å². The molecule has 0 aliphatic heterocycles. The second-order valence-electron chi connectivity index (χ2n) is 4.54. The van der Waals surface area contributed by atoms with E-state index in [9.17, 15) is 13.2 Å². The van der Waals surface area contributed by atoms with Gasteiger partial charge < -0.3 is 5.11 Å². The van der Waals surface area contributed by atoms with Gasteiger partial charge in [0.05, 0.1) is 5.25 Å². The van der Waals surface area contributed by atoms with E-state index in [0.717, 1.165) is 0 Å². The molecule has 0 aliphatic rings. The fourth-order valence-corrected chi connectivity index (χ4v) is 3.68. The molecule has 0 amide bonds. The molecule has 15 heavy (non-hydrogen) atoms. The minimum absolute atomic E-state index is 0.0735. The molecule has 90 valence electrons. The average molecular weight is 236 g/mol. The predicted octanol–water partition coefficient (Wildman–Crippen LogP) is 1.55. The zero-order valence-corrected chi connectivity index (χ0v) is 10.7. The predicted molar refractivity (Wildman–Crippen MR) is 59.5 cm³/mol. The second-order valence-corrected chi connectivity index (χ2v) is 6.97. The Morgan fingerprint density at radius 3 is 1.60 bits per heavy atom. The van der Waals surface area contributed by atoms with Gasteiger partial charge in [-0.05, 0) is 18.8 Å². The van der Waals surface area contributed by atoms with Gasteiger partial charge in [-0.25, -0.2) is 8.42 Å². The molecule has 0 saturated carbocycles. The number of aliphatic carboxylic acids is 1. The molecule has 2 atom stereocenters. The summed E-state index contributed by atoms with van der Waals surface area (Å²) in [4.78, 5) is 10.9. The minimum atomic E-state index is -3.60. The normalized spacial score (nSPS) is 16.7. The number of hydrogen-bond donors (Lipinski definition) is 1. The number of carboxylic acid groups (broad SMARTS) is 1. The van der Waals surface area contributed by atoms with Crippen molar-refractivity contribution in [2.75, 3.05) is 0 Å². The van der Waals surface area contributed by atoms with Crippen LogP contribution in [0.4, 0.5) is 0 Å². The lowest BCUT2D eigenvalue weighted by molar-refractivity contribution is -0.137. The van der Waals surface area contributed by atoms with E-state index in [1.165, 1.54) is 0 Å². The number of rotatable bonds is 5. The first-order chi connectivity index (χ1) is 6.62. The smallest absolute Gasteiger partial charge is 0.322 e. The van der Waals surface area contributed by atoms with Gasteiger partial charge in [0.1, 0.15) is 0 Å². The van der Waals surface area contributed by atoms with Gasteiger partial charge in [-0.15, -0.1) is 0 Å². The van der Waals surface area contributed by atoms with Crippen molar-refractivity contribution < 1.29 is 18.3 Å². The largest absolute Gasteiger partial charge is 0.480 e. The summed E-state index contributed by atoms with van der Waals surface area (Å²) >= 11 is 0. The molecule has 0 heterocycles. The summed E-state index contributed by atoms with van der Waals surface area (Å²) in [5.41, 5.74) is 0. The zero-order valence-electron chi connectivity index (χ0n) is 9.89. The first-order valence-electron chi connectivity index (χ1n) is 5.07. The molecule has 0 aromatic rings. The van der Waals surface area contributed by atoms with Gasteiger partial charge in [-0.1, -0.05) is 27.7 Å². The standard InChI is InChI=1S/C10H20O4S/c1-6(2)8(5)15(13,14)9(7(3)4)10(11)12/h6-9H,1-5H3,(H,11,12). The molecule has 0 rings (SSSR count). The maximum absolute atomic E-state index is 12.0. The SMILES string of the molecule is CC(C)C(C)S(=O)(=O)C(C(=O)O)C(C)C. The van der Waals surface area contributed by atoms with Gasteiger partial charge in [0, 0.05) is 0 Å². The summed E-state index contributed by atoms with van der Waals surface area (Å²) in [7, 11) is -3.60. The van der Waals surface area contributed by atoms with E-state index >= 15 is 0 Å². The lowest BCUT2D eigenvalue weighted by Gasteiger charge is -2.23. The minimum Gasteiger partial charge on any atom is -0.480 e. The van der Waals surface area contributed by atoms with Crippen LogP contribution >= 0.6 is 0 Å². The third-order valence-corrected chi connectivity index (χ3v) is 5.69. The highest BCUT2D eigenvalue weighted by Crippen LogP contribution is 2.22. The third kappa shape index (κ3) is 3.19. The van der Waals surface area contributed by atoms with Gasteiger partial charge in [-0.3, -0.25) is 4.79 Å². The van der Waals surface area contributed by atoms with Gasteiger partial charge in [0.2, 0.25) is 0 Å². The molecular weight excluding hydrogens is 216 g/mol. The van der Waals surface area contributed by atoms with Crippen LogP contribution in [0.2, 0.25) is 0 Å². The Kier molecular flexibility index (Phi) is 4.77.